The van der Waals surface area contributed by atoms with Crippen LogP contribution in [0.25, 0.3) is 0 Å². The average Bonchev–Trinajstić information content (AvgIpc) is 2.49. The Morgan fingerprint density at radius 3 is 2.32 bits per heavy atom. The lowest BCUT2D eigenvalue weighted by Crippen LogP contribution is -2.27. The van der Waals surface area contributed by atoms with Crippen LogP contribution in [0.3, 0.4) is 0 Å². The molecule has 2 aromatic carbocycles. The van der Waals surface area contributed by atoms with Crippen LogP contribution in [0.2, 0.25) is 10.0 Å². The van der Waals surface area contributed by atoms with E-state index < -0.39 is 11.7 Å². The van der Waals surface area contributed by atoms with Gasteiger partial charge in [0.15, 0.2) is 0 Å². The predicted molar refractivity (Wildman–Crippen MR) is 103 cm³/mol. The molecule has 0 unspecified atom stereocenters. The van der Waals surface area contributed by atoms with Gasteiger partial charge in [-0.2, -0.15) is 0 Å². The van der Waals surface area contributed by atoms with E-state index in [0.29, 0.717) is 28.8 Å². The highest BCUT2D eigenvalue weighted by Crippen LogP contribution is 2.21. The minimum atomic E-state index is -0.517. The number of carbonyl (C=O) groups is 1. The summed E-state index contributed by atoms with van der Waals surface area (Å²) in [4.78, 5) is 11.7. The molecule has 0 radical (unpaired) electrons. The second-order valence-electron chi connectivity index (χ2n) is 6.66. The van der Waals surface area contributed by atoms with Crippen LogP contribution in [0.15, 0.2) is 42.5 Å². The van der Waals surface area contributed by atoms with Crippen molar-refractivity contribution in [1.29, 1.82) is 0 Å². The zero-order valence-electron chi connectivity index (χ0n) is 14.5. The van der Waals surface area contributed by atoms with E-state index >= 15 is 0 Å². The molecule has 0 bridgehead atoms. The Morgan fingerprint density at radius 1 is 1.04 bits per heavy atom. The maximum atomic E-state index is 11.7. The molecule has 134 valence electrons. The Morgan fingerprint density at radius 2 is 1.72 bits per heavy atom. The van der Waals surface area contributed by atoms with Gasteiger partial charge in [-0.05, 0) is 56.2 Å². The first-order chi connectivity index (χ1) is 11.7. The van der Waals surface area contributed by atoms with Crippen molar-refractivity contribution >= 4 is 35.0 Å². The lowest BCUT2D eigenvalue weighted by atomic mass is 10.2. The fourth-order valence-corrected chi connectivity index (χ4v) is 2.61. The molecule has 0 aliphatic heterocycles. The van der Waals surface area contributed by atoms with Crippen molar-refractivity contribution in [2.45, 2.75) is 39.5 Å². The third-order valence-corrected chi connectivity index (χ3v) is 3.85. The zero-order chi connectivity index (χ0) is 18.4. The van der Waals surface area contributed by atoms with Gasteiger partial charge in [0.25, 0.3) is 0 Å². The van der Waals surface area contributed by atoms with E-state index in [4.69, 9.17) is 27.9 Å². The van der Waals surface area contributed by atoms with Gasteiger partial charge >= 0.3 is 6.09 Å². The molecule has 2 N–H and O–H groups in total. The normalized spacial score (nSPS) is 11.2. The van der Waals surface area contributed by atoms with Crippen LogP contribution < -0.4 is 10.6 Å². The number of carbonyl (C=O) groups excluding carboxylic acids is 1. The molecule has 0 heterocycles. The van der Waals surface area contributed by atoms with E-state index in [0.717, 1.165) is 11.1 Å². The summed E-state index contributed by atoms with van der Waals surface area (Å²) in [5.41, 5.74) is 2.27. The van der Waals surface area contributed by atoms with E-state index in [1.807, 2.05) is 57.2 Å². The van der Waals surface area contributed by atoms with Gasteiger partial charge in [-0.3, -0.25) is 5.32 Å². The third-order valence-electron chi connectivity index (χ3n) is 3.26. The molecule has 0 aromatic heterocycles. The Labute approximate surface area is 158 Å². The molecule has 0 aliphatic rings. The number of benzene rings is 2. The van der Waals surface area contributed by atoms with Crippen LogP contribution in [-0.2, 0) is 17.8 Å². The first-order valence-corrected chi connectivity index (χ1v) is 8.72. The quantitative estimate of drug-likeness (QED) is 0.706. The molecule has 0 spiro atoms. The van der Waals surface area contributed by atoms with Crippen molar-refractivity contribution in [2.75, 3.05) is 5.32 Å². The maximum absolute atomic E-state index is 11.7. The summed E-state index contributed by atoms with van der Waals surface area (Å²) in [5.74, 6) is 0. The van der Waals surface area contributed by atoms with Gasteiger partial charge in [0.05, 0.1) is 0 Å². The van der Waals surface area contributed by atoms with Gasteiger partial charge in [-0.25, -0.2) is 4.79 Å². The summed E-state index contributed by atoms with van der Waals surface area (Å²) >= 11 is 12.0. The Balaban J connectivity index is 1.83. The van der Waals surface area contributed by atoms with Crippen molar-refractivity contribution < 1.29 is 9.53 Å². The highest BCUT2D eigenvalue weighted by Gasteiger charge is 2.16. The molecule has 25 heavy (non-hydrogen) atoms. The van der Waals surface area contributed by atoms with Crippen molar-refractivity contribution in [3.05, 3.63) is 63.6 Å². The number of hydrogen-bond acceptors (Lipinski definition) is 3. The summed E-state index contributed by atoms with van der Waals surface area (Å²) in [5, 5.41) is 7.32. The second kappa shape index (κ2) is 8.56. The van der Waals surface area contributed by atoms with Crippen LogP contribution in [0.1, 0.15) is 31.9 Å². The number of rotatable bonds is 5. The number of anilines is 1. The molecule has 6 heteroatoms. The van der Waals surface area contributed by atoms with Gasteiger partial charge in [0.2, 0.25) is 0 Å². The summed E-state index contributed by atoms with van der Waals surface area (Å²) < 4.78 is 5.22. The van der Waals surface area contributed by atoms with E-state index in [-0.39, 0.29) is 0 Å². The van der Waals surface area contributed by atoms with Gasteiger partial charge in [-0.1, -0.05) is 41.4 Å². The van der Waals surface area contributed by atoms with Gasteiger partial charge in [0.1, 0.15) is 5.60 Å². The molecular weight excluding hydrogens is 359 g/mol. The molecule has 0 fully saturated rings. The lowest BCUT2D eigenvalue weighted by molar-refractivity contribution is 0.0636. The molecule has 0 saturated heterocycles. The molecule has 2 aromatic rings. The first kappa shape index (κ1) is 19.6. The number of halogens is 2. The molecule has 2 rings (SSSR count). The minimum Gasteiger partial charge on any atom is -0.444 e. The summed E-state index contributed by atoms with van der Waals surface area (Å²) in [7, 11) is 0. The monoisotopic (exact) mass is 380 g/mol. The van der Waals surface area contributed by atoms with Crippen molar-refractivity contribution in [3.8, 4) is 0 Å². The van der Waals surface area contributed by atoms with Crippen molar-refractivity contribution in [1.82, 2.24) is 5.32 Å². The second-order valence-corrected chi connectivity index (χ2v) is 7.51. The Bertz CT molecular complexity index is 725. The standard InChI is InChI=1S/C19H22Cl2N2O2/c1-19(2,3)25-18(24)23-16-8-4-13(5-9-16)11-22-12-14-6-7-15(20)10-17(14)21/h4-10,22H,11-12H2,1-3H3,(H,23,24). The smallest absolute Gasteiger partial charge is 0.412 e. The molecule has 1 amide bonds. The highest BCUT2D eigenvalue weighted by molar-refractivity contribution is 6.35. The van der Waals surface area contributed by atoms with Gasteiger partial charge in [0, 0.05) is 28.8 Å². The largest absolute Gasteiger partial charge is 0.444 e. The van der Waals surface area contributed by atoms with E-state index in [9.17, 15) is 4.79 Å². The topological polar surface area (TPSA) is 50.4 Å². The van der Waals surface area contributed by atoms with Crippen LogP contribution in [0.4, 0.5) is 10.5 Å². The fourth-order valence-electron chi connectivity index (χ4n) is 2.13. The van der Waals surface area contributed by atoms with Crippen LogP contribution in [0.5, 0.6) is 0 Å². The molecule has 0 saturated carbocycles. The zero-order valence-corrected chi connectivity index (χ0v) is 16.0. The van der Waals surface area contributed by atoms with Crippen LogP contribution in [-0.4, -0.2) is 11.7 Å². The Hall–Kier alpha value is -1.75. The van der Waals surface area contributed by atoms with Crippen molar-refractivity contribution in [3.63, 3.8) is 0 Å². The number of ether oxygens (including phenoxy) is 1. The molecular formula is C19H22Cl2N2O2. The minimum absolute atomic E-state index is 0.462. The van der Waals surface area contributed by atoms with Gasteiger partial charge < -0.3 is 10.1 Å². The summed E-state index contributed by atoms with van der Waals surface area (Å²) in [6.45, 7) is 6.82. The number of hydrogen-bond donors (Lipinski definition) is 2. The lowest BCUT2D eigenvalue weighted by Gasteiger charge is -2.19. The maximum Gasteiger partial charge on any atom is 0.412 e. The predicted octanol–water partition coefficient (Wildman–Crippen LogP) is 5.63. The average molecular weight is 381 g/mol. The number of amides is 1. The fraction of sp³-hybridized carbons (Fsp3) is 0.316. The Kier molecular flexibility index (Phi) is 6.71. The van der Waals surface area contributed by atoms with E-state index in [1.165, 1.54) is 0 Å². The van der Waals surface area contributed by atoms with Crippen LogP contribution >= 0.6 is 23.2 Å². The third kappa shape index (κ3) is 6.94. The SMILES string of the molecule is CC(C)(C)OC(=O)Nc1ccc(CNCc2ccc(Cl)cc2Cl)cc1. The van der Waals surface area contributed by atoms with Crippen LogP contribution in [0, 0.1) is 0 Å². The number of nitrogens with one attached hydrogen (secondary N) is 2. The van der Waals surface area contributed by atoms with E-state index in [1.54, 1.807) is 6.07 Å². The molecule has 4 nitrogen and oxygen atoms in total. The first-order valence-electron chi connectivity index (χ1n) is 7.96. The molecule has 0 atom stereocenters. The summed E-state index contributed by atoms with van der Waals surface area (Å²) in [6.07, 6.45) is -0.462. The summed E-state index contributed by atoms with van der Waals surface area (Å²) in [6, 6.07) is 13.0. The van der Waals surface area contributed by atoms with Gasteiger partial charge in [-0.15, -0.1) is 0 Å². The van der Waals surface area contributed by atoms with Crippen molar-refractivity contribution in [2.24, 2.45) is 0 Å². The highest BCUT2D eigenvalue weighted by atomic mass is 35.5. The molecule has 0 aliphatic carbocycles. The van der Waals surface area contributed by atoms with E-state index in [2.05, 4.69) is 10.6 Å².